The molecule has 0 unspecified atom stereocenters. The van der Waals surface area contributed by atoms with Crippen molar-refractivity contribution in [2.45, 2.75) is 4.90 Å². The van der Waals surface area contributed by atoms with Gasteiger partial charge in [0.15, 0.2) is 11.5 Å². The molecule has 2 aromatic rings. The maximum absolute atomic E-state index is 12.3. The second kappa shape index (κ2) is 5.14. The second-order valence-electron chi connectivity index (χ2n) is 3.94. The number of rotatable bonds is 4. The van der Waals surface area contributed by atoms with Crippen molar-refractivity contribution in [3.63, 3.8) is 0 Å². The van der Waals surface area contributed by atoms with Crippen LogP contribution in [0.15, 0.2) is 28.0 Å². The van der Waals surface area contributed by atoms with Crippen LogP contribution in [0.3, 0.4) is 0 Å². The number of hydrogen-bond donors (Lipinski definition) is 2. The third kappa shape index (κ3) is 2.23. The van der Waals surface area contributed by atoms with E-state index in [0.29, 0.717) is 17.0 Å². The Morgan fingerprint density at radius 1 is 1.15 bits per heavy atom. The van der Waals surface area contributed by atoms with E-state index in [4.69, 9.17) is 9.47 Å². The van der Waals surface area contributed by atoms with E-state index in [1.165, 1.54) is 27.3 Å². The highest BCUT2D eigenvalue weighted by Gasteiger charge is 2.19. The van der Waals surface area contributed by atoms with E-state index in [1.807, 2.05) is 0 Å². The molecule has 108 valence electrons. The number of aromatic nitrogens is 1. The third-order valence-corrected chi connectivity index (χ3v) is 4.33. The number of nitrogens with one attached hydrogen (secondary N) is 2. The number of pyridine rings is 1. The van der Waals surface area contributed by atoms with Crippen molar-refractivity contribution in [3.8, 4) is 11.5 Å². The van der Waals surface area contributed by atoms with Crippen LogP contribution in [0.2, 0.25) is 0 Å². The van der Waals surface area contributed by atoms with Crippen LogP contribution in [0.4, 0.5) is 0 Å². The van der Waals surface area contributed by atoms with Crippen molar-refractivity contribution in [1.29, 1.82) is 0 Å². The van der Waals surface area contributed by atoms with Crippen molar-refractivity contribution in [3.05, 3.63) is 28.6 Å². The lowest BCUT2D eigenvalue weighted by molar-refractivity contribution is 0.355. The van der Waals surface area contributed by atoms with Crippen LogP contribution in [-0.4, -0.2) is 34.7 Å². The van der Waals surface area contributed by atoms with Gasteiger partial charge in [-0.25, -0.2) is 13.1 Å². The Kier molecular flexibility index (Phi) is 3.69. The molecule has 0 saturated carbocycles. The Morgan fingerprint density at radius 2 is 1.75 bits per heavy atom. The first-order chi connectivity index (χ1) is 9.44. The first-order valence-corrected chi connectivity index (χ1v) is 7.14. The Hall–Kier alpha value is -2.06. The number of H-pyrrole nitrogens is 1. The normalized spacial score (nSPS) is 11.6. The van der Waals surface area contributed by atoms with Gasteiger partial charge in [-0.3, -0.25) is 4.79 Å². The Balaban J connectivity index is 2.83. The van der Waals surface area contributed by atoms with E-state index in [1.54, 1.807) is 6.07 Å². The zero-order valence-electron chi connectivity index (χ0n) is 11.2. The summed E-state index contributed by atoms with van der Waals surface area (Å²) < 4.78 is 35.9. The van der Waals surface area contributed by atoms with Crippen LogP contribution in [0.5, 0.6) is 11.5 Å². The summed E-state index contributed by atoms with van der Waals surface area (Å²) in [5.41, 5.74) is -0.142. The van der Waals surface area contributed by atoms with Crippen LogP contribution >= 0.6 is 0 Å². The van der Waals surface area contributed by atoms with Crippen molar-refractivity contribution in [2.75, 3.05) is 21.3 Å². The first-order valence-electron chi connectivity index (χ1n) is 5.65. The van der Waals surface area contributed by atoms with E-state index in [0.717, 1.165) is 6.20 Å². The summed E-state index contributed by atoms with van der Waals surface area (Å²) in [5.74, 6) is 0.796. The summed E-state index contributed by atoms with van der Waals surface area (Å²) in [6.07, 6.45) is 1.16. The lowest BCUT2D eigenvalue weighted by atomic mass is 10.2. The monoisotopic (exact) mass is 298 g/mol. The topological polar surface area (TPSA) is 97.5 Å². The van der Waals surface area contributed by atoms with Gasteiger partial charge in [-0.15, -0.1) is 0 Å². The van der Waals surface area contributed by atoms with Gasteiger partial charge in [0.25, 0.3) is 0 Å². The number of sulfonamides is 1. The standard InChI is InChI=1S/C12H14N2O5S/c1-13-20(16,17)11-6-14-8-5-10(19-3)9(18-2)4-7(8)12(11)15/h4-6,13H,1-3H3,(H,14,15). The van der Waals surface area contributed by atoms with Gasteiger partial charge in [0.05, 0.1) is 25.1 Å². The molecule has 0 aliphatic carbocycles. The smallest absolute Gasteiger partial charge is 0.245 e. The molecule has 7 nitrogen and oxygen atoms in total. The fraction of sp³-hybridized carbons (Fsp3) is 0.250. The van der Waals surface area contributed by atoms with Gasteiger partial charge < -0.3 is 14.5 Å². The maximum Gasteiger partial charge on any atom is 0.245 e. The predicted octanol–water partition coefficient (Wildman–Crippen LogP) is 0.453. The van der Waals surface area contributed by atoms with E-state index in [2.05, 4.69) is 9.71 Å². The first kappa shape index (κ1) is 14.4. The molecule has 1 aromatic heterocycles. The van der Waals surface area contributed by atoms with Crippen LogP contribution < -0.4 is 19.6 Å². The number of benzene rings is 1. The minimum absolute atomic E-state index is 0.207. The lowest BCUT2D eigenvalue weighted by Gasteiger charge is -2.09. The summed E-state index contributed by atoms with van der Waals surface area (Å²) in [4.78, 5) is 14.7. The molecule has 0 aliphatic heterocycles. The number of ether oxygens (including phenoxy) is 2. The largest absolute Gasteiger partial charge is 0.493 e. The van der Waals surface area contributed by atoms with Crippen LogP contribution in [0.25, 0.3) is 10.9 Å². The molecule has 8 heteroatoms. The van der Waals surface area contributed by atoms with E-state index >= 15 is 0 Å². The summed E-state index contributed by atoms with van der Waals surface area (Å²) >= 11 is 0. The quantitative estimate of drug-likeness (QED) is 0.854. The number of hydrogen-bond acceptors (Lipinski definition) is 5. The van der Waals surface area contributed by atoms with E-state index < -0.39 is 15.5 Å². The molecule has 0 saturated heterocycles. The van der Waals surface area contributed by atoms with Gasteiger partial charge in [-0.05, 0) is 13.1 Å². The summed E-state index contributed by atoms with van der Waals surface area (Å²) in [7, 11) is 0.333. The predicted molar refractivity (Wildman–Crippen MR) is 73.9 cm³/mol. The minimum atomic E-state index is -3.82. The number of aromatic amines is 1. The number of fused-ring (bicyclic) bond motifs is 1. The molecule has 20 heavy (non-hydrogen) atoms. The molecular weight excluding hydrogens is 284 g/mol. The van der Waals surface area contributed by atoms with Gasteiger partial charge >= 0.3 is 0 Å². The Labute approximate surface area is 115 Å². The molecule has 0 radical (unpaired) electrons. The molecule has 2 rings (SSSR count). The van der Waals surface area contributed by atoms with Crippen molar-refractivity contribution in [2.24, 2.45) is 0 Å². The molecule has 0 atom stereocenters. The molecular formula is C12H14N2O5S. The van der Waals surface area contributed by atoms with Crippen LogP contribution in [-0.2, 0) is 10.0 Å². The van der Waals surface area contributed by atoms with Crippen LogP contribution in [0, 0.1) is 0 Å². The number of methoxy groups -OCH3 is 2. The highest BCUT2D eigenvalue weighted by molar-refractivity contribution is 7.89. The third-order valence-electron chi connectivity index (χ3n) is 2.91. The average molecular weight is 298 g/mol. The molecule has 1 heterocycles. The zero-order chi connectivity index (χ0) is 14.9. The summed E-state index contributed by atoms with van der Waals surface area (Å²) in [6.45, 7) is 0. The second-order valence-corrected chi connectivity index (χ2v) is 5.80. The summed E-state index contributed by atoms with van der Waals surface area (Å²) in [5, 5.41) is 0.207. The highest BCUT2D eigenvalue weighted by Crippen LogP contribution is 2.30. The van der Waals surface area contributed by atoms with Gasteiger partial charge in [-0.1, -0.05) is 0 Å². The van der Waals surface area contributed by atoms with Crippen molar-refractivity contribution < 1.29 is 17.9 Å². The Morgan fingerprint density at radius 3 is 2.30 bits per heavy atom. The molecule has 0 aliphatic rings. The molecule has 0 amide bonds. The van der Waals surface area contributed by atoms with Gasteiger partial charge in [0, 0.05) is 12.3 Å². The molecule has 2 N–H and O–H groups in total. The maximum atomic E-state index is 12.3. The zero-order valence-corrected chi connectivity index (χ0v) is 12.0. The lowest BCUT2D eigenvalue weighted by Crippen LogP contribution is -2.25. The van der Waals surface area contributed by atoms with Crippen LogP contribution in [0.1, 0.15) is 0 Å². The van der Waals surface area contributed by atoms with E-state index in [-0.39, 0.29) is 10.3 Å². The van der Waals surface area contributed by atoms with Gasteiger partial charge in [0.1, 0.15) is 4.90 Å². The molecule has 0 spiro atoms. The van der Waals surface area contributed by atoms with Crippen molar-refractivity contribution >= 4 is 20.9 Å². The van der Waals surface area contributed by atoms with E-state index in [9.17, 15) is 13.2 Å². The SMILES string of the molecule is CNS(=O)(=O)c1c[nH]c2cc(OC)c(OC)cc2c1=O. The fourth-order valence-electron chi connectivity index (χ4n) is 1.84. The molecule has 0 fully saturated rings. The molecule has 0 bridgehead atoms. The minimum Gasteiger partial charge on any atom is -0.493 e. The highest BCUT2D eigenvalue weighted by atomic mass is 32.2. The summed E-state index contributed by atoms with van der Waals surface area (Å²) in [6, 6.07) is 3.02. The fourth-order valence-corrected chi connectivity index (χ4v) is 2.63. The van der Waals surface area contributed by atoms with Crippen molar-refractivity contribution in [1.82, 2.24) is 9.71 Å². The Bertz CT molecular complexity index is 810. The van der Waals surface area contributed by atoms with Gasteiger partial charge in [-0.2, -0.15) is 0 Å². The van der Waals surface area contributed by atoms with Gasteiger partial charge in [0.2, 0.25) is 15.5 Å². The molecule has 1 aromatic carbocycles. The average Bonchev–Trinajstić information content (AvgIpc) is 2.46.